The van der Waals surface area contributed by atoms with E-state index in [0.717, 1.165) is 18.5 Å². The van der Waals surface area contributed by atoms with Crippen molar-refractivity contribution in [3.05, 3.63) is 252 Å². The second-order valence-electron chi connectivity index (χ2n) is 15.2. The Kier molecular flexibility index (Phi) is 7.89. The van der Waals surface area contributed by atoms with Gasteiger partial charge in [0.25, 0.3) is 0 Å². The van der Waals surface area contributed by atoms with Crippen LogP contribution in [0.5, 0.6) is 0 Å². The van der Waals surface area contributed by atoms with Gasteiger partial charge in [0.2, 0.25) is 0 Å². The molecule has 1 aromatic heterocycles. The first-order valence-electron chi connectivity index (χ1n) is 20.0. The number of nitrogens with zero attached hydrogens (tertiary/aromatic N) is 2. The summed E-state index contributed by atoms with van der Waals surface area (Å²) in [5.74, 6) is 0. The molecule has 0 bridgehead atoms. The SMILES string of the molecule is C1=C(c2ccccc2)CCC(N(c2ccc(C3(c4ccccc4)c4ccccc4-n4c5ccccc5c5cccc3c54)cc2)c2ccccc2-c2ccccc2)=C1. The summed E-state index contributed by atoms with van der Waals surface area (Å²) in [6.45, 7) is 0. The highest BCUT2D eigenvalue weighted by Gasteiger charge is 2.45. The topological polar surface area (TPSA) is 8.17 Å². The van der Waals surface area contributed by atoms with Crippen molar-refractivity contribution in [3.8, 4) is 16.8 Å². The Morgan fingerprint density at radius 2 is 1.05 bits per heavy atom. The summed E-state index contributed by atoms with van der Waals surface area (Å²) in [5.41, 5.74) is 17.0. The van der Waals surface area contributed by atoms with Gasteiger partial charge in [0.1, 0.15) is 0 Å². The lowest BCUT2D eigenvalue weighted by molar-refractivity contribution is 0.727. The van der Waals surface area contributed by atoms with Gasteiger partial charge in [-0.1, -0.05) is 182 Å². The van der Waals surface area contributed by atoms with Crippen LogP contribution in [0.4, 0.5) is 11.4 Å². The minimum atomic E-state index is -0.551. The van der Waals surface area contributed by atoms with E-state index in [-0.39, 0.29) is 0 Å². The van der Waals surface area contributed by atoms with E-state index in [4.69, 9.17) is 0 Å². The van der Waals surface area contributed by atoms with Crippen molar-refractivity contribution in [1.29, 1.82) is 0 Å². The zero-order valence-electron chi connectivity index (χ0n) is 31.6. The fourth-order valence-electron chi connectivity index (χ4n) is 9.73. The molecule has 0 amide bonds. The molecule has 11 rings (SSSR count). The minimum Gasteiger partial charge on any atom is -0.314 e. The van der Waals surface area contributed by atoms with Gasteiger partial charge in [0, 0.05) is 27.7 Å². The molecule has 0 radical (unpaired) electrons. The number of fused-ring (bicyclic) bond motifs is 5. The molecule has 2 aliphatic rings. The van der Waals surface area contributed by atoms with E-state index in [9.17, 15) is 0 Å². The number of allylic oxidation sites excluding steroid dienone is 4. The van der Waals surface area contributed by atoms with Crippen LogP contribution in [-0.2, 0) is 5.41 Å². The molecule has 1 atom stereocenters. The van der Waals surface area contributed by atoms with E-state index in [1.807, 2.05) is 0 Å². The van der Waals surface area contributed by atoms with Gasteiger partial charge < -0.3 is 9.47 Å². The number of benzene rings is 8. The van der Waals surface area contributed by atoms with Crippen LogP contribution in [0.25, 0.3) is 44.2 Å². The molecule has 2 heteroatoms. The van der Waals surface area contributed by atoms with Crippen molar-refractivity contribution in [2.75, 3.05) is 4.90 Å². The molecule has 1 aliphatic heterocycles. The predicted octanol–water partition coefficient (Wildman–Crippen LogP) is 14.0. The third-order valence-electron chi connectivity index (χ3n) is 12.2. The lowest BCUT2D eigenvalue weighted by Gasteiger charge is -2.42. The van der Waals surface area contributed by atoms with Crippen molar-refractivity contribution in [2.24, 2.45) is 0 Å². The zero-order valence-corrected chi connectivity index (χ0v) is 31.6. The zero-order chi connectivity index (χ0) is 37.8. The fourth-order valence-corrected chi connectivity index (χ4v) is 9.73. The lowest BCUT2D eigenvalue weighted by Crippen LogP contribution is -2.35. The maximum absolute atomic E-state index is 2.50. The van der Waals surface area contributed by atoms with E-state index >= 15 is 0 Å². The molecule has 9 aromatic rings. The van der Waals surface area contributed by atoms with E-state index in [2.05, 4.69) is 228 Å². The first kappa shape index (κ1) is 33.2. The molecule has 2 nitrogen and oxygen atoms in total. The van der Waals surface area contributed by atoms with Crippen LogP contribution in [-0.4, -0.2) is 4.57 Å². The summed E-state index contributed by atoms with van der Waals surface area (Å²) in [6, 6.07) is 75.8. The maximum Gasteiger partial charge on any atom is 0.0742 e. The van der Waals surface area contributed by atoms with Crippen LogP contribution in [0.1, 0.15) is 40.7 Å². The highest BCUT2D eigenvalue weighted by molar-refractivity contribution is 6.12. The van der Waals surface area contributed by atoms with Gasteiger partial charge >= 0.3 is 0 Å². The Hall–Kier alpha value is -7.16. The smallest absolute Gasteiger partial charge is 0.0742 e. The van der Waals surface area contributed by atoms with Crippen molar-refractivity contribution < 1.29 is 0 Å². The molecule has 0 saturated carbocycles. The van der Waals surface area contributed by atoms with Crippen LogP contribution in [0, 0.1) is 0 Å². The van der Waals surface area contributed by atoms with Gasteiger partial charge in [-0.3, -0.25) is 0 Å². The van der Waals surface area contributed by atoms with E-state index < -0.39 is 5.41 Å². The Balaban J connectivity index is 1.14. The highest BCUT2D eigenvalue weighted by atomic mass is 15.2. The minimum absolute atomic E-state index is 0.551. The average Bonchev–Trinajstić information content (AvgIpc) is 3.64. The highest BCUT2D eigenvalue weighted by Crippen LogP contribution is 2.54. The van der Waals surface area contributed by atoms with Crippen LogP contribution in [0.15, 0.2) is 224 Å². The summed E-state index contributed by atoms with van der Waals surface area (Å²) in [6.07, 6.45) is 6.57. The number of hydrogen-bond donors (Lipinski definition) is 0. The molecule has 270 valence electrons. The number of anilines is 2. The number of aromatic nitrogens is 1. The molecule has 0 N–H and O–H groups in total. The van der Waals surface area contributed by atoms with Crippen molar-refractivity contribution in [3.63, 3.8) is 0 Å². The van der Waals surface area contributed by atoms with Crippen LogP contribution < -0.4 is 4.90 Å². The van der Waals surface area contributed by atoms with Crippen molar-refractivity contribution in [2.45, 2.75) is 18.3 Å². The average molecular weight is 729 g/mol. The number of para-hydroxylation sites is 4. The summed E-state index contributed by atoms with van der Waals surface area (Å²) in [4.78, 5) is 2.49. The summed E-state index contributed by atoms with van der Waals surface area (Å²) in [7, 11) is 0. The Morgan fingerprint density at radius 1 is 0.439 bits per heavy atom. The van der Waals surface area contributed by atoms with Crippen LogP contribution >= 0.6 is 0 Å². The molecule has 0 fully saturated rings. The van der Waals surface area contributed by atoms with E-state index in [0.29, 0.717) is 0 Å². The monoisotopic (exact) mass is 728 g/mol. The molecular formula is C55H40N2. The molecule has 0 saturated heterocycles. The second kappa shape index (κ2) is 13.5. The van der Waals surface area contributed by atoms with E-state index in [1.165, 1.54) is 83.4 Å². The van der Waals surface area contributed by atoms with Gasteiger partial charge in [-0.15, -0.1) is 0 Å². The van der Waals surface area contributed by atoms with Crippen LogP contribution in [0.2, 0.25) is 0 Å². The first-order valence-corrected chi connectivity index (χ1v) is 20.0. The largest absolute Gasteiger partial charge is 0.314 e. The van der Waals surface area contributed by atoms with Gasteiger partial charge in [-0.05, 0) is 88.2 Å². The number of rotatable bonds is 7. The quantitative estimate of drug-likeness (QED) is 0.159. The Morgan fingerprint density at radius 3 is 1.82 bits per heavy atom. The molecule has 57 heavy (non-hydrogen) atoms. The van der Waals surface area contributed by atoms with Crippen molar-refractivity contribution >= 4 is 38.8 Å². The van der Waals surface area contributed by atoms with Gasteiger partial charge in [0.05, 0.1) is 27.8 Å². The maximum atomic E-state index is 2.50. The lowest BCUT2D eigenvalue weighted by atomic mass is 9.63. The first-order chi connectivity index (χ1) is 28.3. The summed E-state index contributed by atoms with van der Waals surface area (Å²) >= 11 is 0. The summed E-state index contributed by atoms with van der Waals surface area (Å²) < 4.78 is 2.50. The predicted molar refractivity (Wildman–Crippen MR) is 238 cm³/mol. The van der Waals surface area contributed by atoms with Gasteiger partial charge in [-0.25, -0.2) is 0 Å². The molecule has 8 aromatic carbocycles. The standard InChI is InChI=1S/C55H40N2/c1-4-17-39(18-5-1)40-31-35-44(36-32-40)56(51-28-13-10-23-46(51)41-19-6-2-7-20-41)45-37-33-43(34-38-45)55(42-21-8-3-9-22-42)49-26-12-15-30-53(49)57-52-29-14-11-24-47(52)48-25-16-27-50(55)54(48)57/h1-31,33-35,37-38H,32,36H2. The second-order valence-corrected chi connectivity index (χ2v) is 15.2. The van der Waals surface area contributed by atoms with Crippen LogP contribution in [0.3, 0.4) is 0 Å². The molecule has 1 aliphatic carbocycles. The molecule has 2 heterocycles. The third kappa shape index (κ3) is 5.18. The Labute approximate surface area is 333 Å². The summed E-state index contributed by atoms with van der Waals surface area (Å²) in [5, 5.41) is 2.56. The van der Waals surface area contributed by atoms with Gasteiger partial charge in [-0.2, -0.15) is 0 Å². The fraction of sp³-hybridized carbons (Fsp3) is 0.0545. The number of hydrogen-bond acceptors (Lipinski definition) is 1. The molecule has 1 unspecified atom stereocenters. The van der Waals surface area contributed by atoms with Crippen molar-refractivity contribution in [1.82, 2.24) is 4.57 Å². The molecule has 0 spiro atoms. The normalized spacial score (nSPS) is 15.9. The third-order valence-corrected chi connectivity index (χ3v) is 12.2. The van der Waals surface area contributed by atoms with Gasteiger partial charge in [0.15, 0.2) is 0 Å². The van der Waals surface area contributed by atoms with E-state index in [1.54, 1.807) is 0 Å². The molecular weight excluding hydrogens is 689 g/mol. The Bertz CT molecular complexity index is 2990.